The van der Waals surface area contributed by atoms with Crippen molar-refractivity contribution in [2.45, 2.75) is 38.7 Å². The number of aromatic carboxylic acids is 1. The van der Waals surface area contributed by atoms with Gasteiger partial charge in [0.1, 0.15) is 4.88 Å². The second-order valence-electron chi connectivity index (χ2n) is 3.88. The van der Waals surface area contributed by atoms with Crippen molar-refractivity contribution in [1.29, 1.82) is 0 Å². The van der Waals surface area contributed by atoms with Gasteiger partial charge in [-0.2, -0.15) is 0 Å². The summed E-state index contributed by atoms with van der Waals surface area (Å²) in [6.45, 7) is 2.75. The molecule has 88 valence electrons. The van der Waals surface area contributed by atoms with Crippen molar-refractivity contribution in [3.63, 3.8) is 0 Å². The molecule has 5 heteroatoms. The van der Waals surface area contributed by atoms with Crippen LogP contribution in [0.4, 0.5) is 0 Å². The van der Waals surface area contributed by atoms with Gasteiger partial charge in [-0.05, 0) is 19.3 Å². The number of ether oxygens (including phenoxy) is 1. The van der Waals surface area contributed by atoms with Crippen molar-refractivity contribution in [3.05, 3.63) is 15.6 Å². The molecule has 1 N–H and O–H groups in total. The molecule has 2 rings (SSSR count). The van der Waals surface area contributed by atoms with Gasteiger partial charge in [0.15, 0.2) is 0 Å². The summed E-state index contributed by atoms with van der Waals surface area (Å²) in [7, 11) is 0. The second-order valence-corrected chi connectivity index (χ2v) is 4.96. The lowest BCUT2D eigenvalue weighted by Gasteiger charge is -2.05. The van der Waals surface area contributed by atoms with Crippen molar-refractivity contribution in [2.24, 2.45) is 0 Å². The second kappa shape index (κ2) is 4.93. The first-order valence-electron chi connectivity index (χ1n) is 5.54. The average Bonchev–Trinajstić information content (AvgIpc) is 2.87. The van der Waals surface area contributed by atoms with Crippen LogP contribution >= 0.6 is 11.3 Å². The number of thiazole rings is 1. The minimum Gasteiger partial charge on any atom is -0.477 e. The first kappa shape index (κ1) is 11.5. The summed E-state index contributed by atoms with van der Waals surface area (Å²) in [4.78, 5) is 15.7. The van der Waals surface area contributed by atoms with E-state index < -0.39 is 5.97 Å². The lowest BCUT2D eigenvalue weighted by Crippen LogP contribution is -2.08. The third-order valence-corrected chi connectivity index (χ3v) is 3.80. The van der Waals surface area contributed by atoms with Crippen molar-refractivity contribution < 1.29 is 14.6 Å². The Balaban J connectivity index is 2.12. The van der Waals surface area contributed by atoms with E-state index in [4.69, 9.17) is 9.84 Å². The Morgan fingerprint density at radius 1 is 1.69 bits per heavy atom. The highest BCUT2D eigenvalue weighted by Gasteiger charge is 2.21. The largest absolute Gasteiger partial charge is 0.477 e. The maximum absolute atomic E-state index is 11.0. The van der Waals surface area contributed by atoms with Crippen molar-refractivity contribution in [2.75, 3.05) is 6.61 Å². The fourth-order valence-electron chi connectivity index (χ4n) is 1.89. The molecule has 1 aliphatic heterocycles. The molecular formula is C11H15NO3S. The maximum Gasteiger partial charge on any atom is 0.347 e. The first-order chi connectivity index (χ1) is 7.70. The van der Waals surface area contributed by atoms with Gasteiger partial charge in [0, 0.05) is 13.0 Å². The Morgan fingerprint density at radius 2 is 2.50 bits per heavy atom. The van der Waals surface area contributed by atoms with Crippen LogP contribution < -0.4 is 0 Å². The van der Waals surface area contributed by atoms with Crippen molar-refractivity contribution >= 4 is 17.3 Å². The molecule has 2 heterocycles. The quantitative estimate of drug-likeness (QED) is 0.877. The summed E-state index contributed by atoms with van der Waals surface area (Å²) in [6, 6.07) is 0. The fraction of sp³-hybridized carbons (Fsp3) is 0.636. The van der Waals surface area contributed by atoms with E-state index in [-0.39, 0.29) is 6.10 Å². The van der Waals surface area contributed by atoms with E-state index in [0.29, 0.717) is 17.0 Å². The average molecular weight is 241 g/mol. The van der Waals surface area contributed by atoms with Gasteiger partial charge < -0.3 is 9.84 Å². The zero-order chi connectivity index (χ0) is 11.5. The number of hydrogen-bond donors (Lipinski definition) is 1. The maximum atomic E-state index is 11.0. The molecule has 1 atom stereocenters. The van der Waals surface area contributed by atoms with E-state index in [0.717, 1.165) is 30.9 Å². The smallest absolute Gasteiger partial charge is 0.347 e. The molecule has 0 spiro atoms. The highest BCUT2D eigenvalue weighted by atomic mass is 32.1. The Kier molecular flexibility index (Phi) is 3.56. The molecule has 1 fully saturated rings. The fourth-order valence-corrected chi connectivity index (χ4v) is 2.95. The van der Waals surface area contributed by atoms with Gasteiger partial charge in [0.25, 0.3) is 0 Å². The molecule has 4 nitrogen and oxygen atoms in total. The molecule has 1 aromatic rings. The Hall–Kier alpha value is -0.940. The lowest BCUT2D eigenvalue weighted by atomic mass is 10.2. The van der Waals surface area contributed by atoms with Crippen LogP contribution in [0.25, 0.3) is 0 Å². The van der Waals surface area contributed by atoms with Crippen LogP contribution in [0.3, 0.4) is 0 Å². The Labute approximate surface area is 98.3 Å². The summed E-state index contributed by atoms with van der Waals surface area (Å²) >= 11 is 1.29. The molecule has 1 aliphatic rings. The third kappa shape index (κ3) is 2.41. The summed E-state index contributed by atoms with van der Waals surface area (Å²) in [6.07, 6.45) is 3.82. The highest BCUT2D eigenvalue weighted by molar-refractivity contribution is 7.13. The number of nitrogens with zero attached hydrogens (tertiary/aromatic N) is 1. The van der Waals surface area contributed by atoms with Crippen LogP contribution in [-0.4, -0.2) is 28.8 Å². The molecule has 16 heavy (non-hydrogen) atoms. The lowest BCUT2D eigenvalue weighted by molar-refractivity contribution is 0.0700. The normalized spacial score (nSPS) is 20.2. The van der Waals surface area contributed by atoms with E-state index in [1.807, 2.05) is 6.92 Å². The van der Waals surface area contributed by atoms with Crippen LogP contribution in [0, 0.1) is 0 Å². The Bertz CT molecular complexity index is 383. The van der Waals surface area contributed by atoms with E-state index >= 15 is 0 Å². The molecular weight excluding hydrogens is 226 g/mol. The third-order valence-electron chi connectivity index (χ3n) is 2.70. The standard InChI is InChI=1S/C11H15NO3S/c1-2-8-10(11(13)14)16-9(12-8)6-7-4-3-5-15-7/h7H,2-6H2,1H3,(H,13,14). The number of carboxylic acids is 1. The molecule has 1 unspecified atom stereocenters. The SMILES string of the molecule is CCc1nc(CC2CCCO2)sc1C(=O)O. The summed E-state index contributed by atoms with van der Waals surface area (Å²) in [5.74, 6) is -0.868. The van der Waals surface area contributed by atoms with E-state index in [1.165, 1.54) is 11.3 Å². The molecule has 0 saturated carbocycles. The number of aromatic nitrogens is 1. The molecule has 0 radical (unpaired) electrons. The van der Waals surface area contributed by atoms with Crippen LogP contribution in [0.15, 0.2) is 0 Å². The highest BCUT2D eigenvalue weighted by Crippen LogP contribution is 2.24. The van der Waals surface area contributed by atoms with Crippen LogP contribution in [0.2, 0.25) is 0 Å². The predicted molar refractivity (Wildman–Crippen MR) is 61.1 cm³/mol. The number of carboxylic acid groups (broad SMARTS) is 1. The van der Waals surface area contributed by atoms with Crippen molar-refractivity contribution in [1.82, 2.24) is 4.98 Å². The van der Waals surface area contributed by atoms with Gasteiger partial charge in [-0.3, -0.25) is 0 Å². The van der Waals surface area contributed by atoms with Crippen LogP contribution in [0.5, 0.6) is 0 Å². The van der Waals surface area contributed by atoms with Gasteiger partial charge in [-0.25, -0.2) is 9.78 Å². The van der Waals surface area contributed by atoms with Gasteiger partial charge in [0.05, 0.1) is 16.8 Å². The zero-order valence-corrected chi connectivity index (χ0v) is 10.0. The number of aryl methyl sites for hydroxylation is 1. The van der Waals surface area contributed by atoms with Gasteiger partial charge in [0.2, 0.25) is 0 Å². The molecule has 0 amide bonds. The van der Waals surface area contributed by atoms with E-state index in [1.54, 1.807) is 0 Å². The first-order valence-corrected chi connectivity index (χ1v) is 6.35. The molecule has 0 aliphatic carbocycles. The minimum atomic E-state index is -0.868. The van der Waals surface area contributed by atoms with E-state index in [9.17, 15) is 4.79 Å². The molecule has 0 bridgehead atoms. The summed E-state index contributed by atoms with van der Waals surface area (Å²) < 4.78 is 5.52. The molecule has 1 aromatic heterocycles. The topological polar surface area (TPSA) is 59.4 Å². The summed E-state index contributed by atoms with van der Waals surface area (Å²) in [5.41, 5.74) is 0.700. The number of hydrogen-bond acceptors (Lipinski definition) is 4. The number of rotatable bonds is 4. The molecule has 0 aromatic carbocycles. The van der Waals surface area contributed by atoms with Gasteiger partial charge >= 0.3 is 5.97 Å². The predicted octanol–water partition coefficient (Wildman–Crippen LogP) is 2.13. The Morgan fingerprint density at radius 3 is 3.00 bits per heavy atom. The number of carbonyl (C=O) groups is 1. The summed E-state index contributed by atoms with van der Waals surface area (Å²) in [5, 5.41) is 9.90. The van der Waals surface area contributed by atoms with Gasteiger partial charge in [-0.1, -0.05) is 6.92 Å². The van der Waals surface area contributed by atoms with Crippen LogP contribution in [0.1, 0.15) is 40.1 Å². The van der Waals surface area contributed by atoms with Crippen LogP contribution in [-0.2, 0) is 17.6 Å². The van der Waals surface area contributed by atoms with Crippen molar-refractivity contribution in [3.8, 4) is 0 Å². The minimum absolute atomic E-state index is 0.234. The van der Waals surface area contributed by atoms with Gasteiger partial charge in [-0.15, -0.1) is 11.3 Å². The molecule has 1 saturated heterocycles. The monoisotopic (exact) mass is 241 g/mol. The van der Waals surface area contributed by atoms with E-state index in [2.05, 4.69) is 4.98 Å². The zero-order valence-electron chi connectivity index (χ0n) is 9.23.